The fourth-order valence-corrected chi connectivity index (χ4v) is 11.6. The molecule has 6 N–H and O–H groups in total. The quantitative estimate of drug-likeness (QED) is 0.0331. The van der Waals surface area contributed by atoms with E-state index in [4.69, 9.17) is 9.47 Å². The number of aromatic nitrogens is 4. The number of benzene rings is 4. The number of amides is 4. The van der Waals surface area contributed by atoms with Crippen molar-refractivity contribution in [1.82, 2.24) is 41.2 Å². The van der Waals surface area contributed by atoms with Crippen LogP contribution in [-0.2, 0) is 51.3 Å². The lowest BCUT2D eigenvalue weighted by Crippen LogP contribution is -2.59. The summed E-state index contributed by atoms with van der Waals surface area (Å²) in [6.07, 6.45) is 11.7. The Morgan fingerprint density at radius 1 is 0.588 bits per heavy atom. The van der Waals surface area contributed by atoms with Crippen LogP contribution in [0.25, 0.3) is 21.8 Å². The van der Waals surface area contributed by atoms with Gasteiger partial charge in [-0.2, -0.15) is 13.2 Å². The number of H-pyrrole nitrogens is 2. The highest BCUT2D eigenvalue weighted by Crippen LogP contribution is 2.37. The molecule has 444 valence electrons. The van der Waals surface area contributed by atoms with E-state index in [9.17, 15) is 42.5 Å². The standard InChI is InChI=1S/C33H35F3N4O3.C32H35N5O5/c1-32(19-24-20-38-27-15-6-5-14-26(24)27,40-31(42)43-21-22-10-9-13-25(18-22)33(34,35)36)30(41)39-29(23-11-3-2-4-12-23)28-16-7-8-17-37-28;1-32(19-24-20-34-27-15-6-5-14-26(24)27,36-31(39)42-21-22-10-9-13-25(18-22)37(40)41)30(38)35-29(23-11-3-2-4-12-23)28-16-7-8-17-33-28/h5-10,13-18,20,23,29,38H,2-4,11-12,19,21H2,1H3,(H,39,41)(H,40,42);5-10,13-18,20,23,29,34H,2-4,11-12,19,21H2,1H3,(H,35,38)(H,36,39)/t2*29?,32-/m00/s1. The molecule has 85 heavy (non-hydrogen) atoms. The number of hydrogen-bond acceptors (Lipinski definition) is 10. The van der Waals surface area contributed by atoms with Crippen molar-refractivity contribution in [2.24, 2.45) is 11.8 Å². The number of halogens is 3. The van der Waals surface area contributed by atoms with Gasteiger partial charge < -0.3 is 40.7 Å². The molecule has 0 aliphatic heterocycles. The van der Waals surface area contributed by atoms with Gasteiger partial charge in [0.15, 0.2) is 0 Å². The zero-order valence-electron chi connectivity index (χ0n) is 47.5. The number of non-ortho nitro benzene ring substituents is 1. The number of alkyl carbamates (subject to hydrolysis) is 2. The summed E-state index contributed by atoms with van der Waals surface area (Å²) < 4.78 is 50.3. The van der Waals surface area contributed by atoms with Crippen LogP contribution in [0.15, 0.2) is 158 Å². The number of nitrogens with zero attached hydrogens (tertiary/aromatic N) is 3. The lowest BCUT2D eigenvalue weighted by atomic mass is 9.81. The van der Waals surface area contributed by atoms with Gasteiger partial charge in [-0.3, -0.25) is 29.7 Å². The van der Waals surface area contributed by atoms with Crippen molar-refractivity contribution in [3.05, 3.63) is 208 Å². The summed E-state index contributed by atoms with van der Waals surface area (Å²) in [7, 11) is 0. The van der Waals surface area contributed by atoms with Crippen molar-refractivity contribution in [2.45, 2.75) is 133 Å². The first-order valence-corrected chi connectivity index (χ1v) is 28.8. The van der Waals surface area contributed by atoms with E-state index in [2.05, 4.69) is 41.2 Å². The van der Waals surface area contributed by atoms with Gasteiger partial charge in [-0.15, -0.1) is 0 Å². The number of hydrogen-bond donors (Lipinski definition) is 6. The normalized spacial score (nSPS) is 16.1. The second-order valence-corrected chi connectivity index (χ2v) is 22.5. The monoisotopic (exact) mass is 1160 g/mol. The van der Waals surface area contributed by atoms with Gasteiger partial charge >= 0.3 is 18.4 Å². The average molecular weight is 1160 g/mol. The number of nitro groups is 1. The third-order valence-electron chi connectivity index (χ3n) is 16.1. The predicted molar refractivity (Wildman–Crippen MR) is 315 cm³/mol. The van der Waals surface area contributed by atoms with Crippen LogP contribution >= 0.6 is 0 Å². The van der Waals surface area contributed by atoms with Crippen LogP contribution < -0.4 is 21.3 Å². The number of ether oxygens (including phenoxy) is 2. The maximum atomic E-state index is 14.2. The number of rotatable bonds is 19. The van der Waals surface area contributed by atoms with E-state index in [1.807, 2.05) is 97.3 Å². The van der Waals surface area contributed by atoms with E-state index in [0.717, 1.165) is 114 Å². The molecule has 2 saturated carbocycles. The van der Waals surface area contributed by atoms with E-state index in [-0.39, 0.29) is 67.1 Å². The Balaban J connectivity index is 0.000000204. The Bertz CT molecular complexity index is 3570. The van der Waals surface area contributed by atoms with Crippen LogP contribution in [0, 0.1) is 22.0 Å². The third-order valence-corrected chi connectivity index (χ3v) is 16.1. The molecule has 4 heterocycles. The minimum absolute atomic E-state index is 0.0941. The maximum absolute atomic E-state index is 14.2. The molecule has 8 aromatic rings. The number of nitrogens with one attached hydrogen (secondary N) is 6. The Hall–Kier alpha value is -9.07. The molecule has 4 aromatic carbocycles. The Morgan fingerprint density at radius 3 is 1.46 bits per heavy atom. The summed E-state index contributed by atoms with van der Waals surface area (Å²) in [5, 5.41) is 25.0. The topological polar surface area (TPSA) is 235 Å². The molecule has 0 spiro atoms. The number of alkyl halides is 3. The molecule has 2 unspecified atom stereocenters. The van der Waals surface area contributed by atoms with E-state index in [0.29, 0.717) is 5.56 Å². The molecular formula is C65H70F3N9O8. The van der Waals surface area contributed by atoms with Gasteiger partial charge in [-0.1, -0.05) is 111 Å². The van der Waals surface area contributed by atoms with E-state index >= 15 is 0 Å². The number of fused-ring (bicyclic) bond motifs is 2. The van der Waals surface area contributed by atoms with Crippen molar-refractivity contribution < 1.29 is 46.7 Å². The van der Waals surface area contributed by atoms with Crippen molar-refractivity contribution >= 4 is 51.5 Å². The first-order valence-electron chi connectivity index (χ1n) is 28.8. The van der Waals surface area contributed by atoms with Crippen LogP contribution in [-0.4, -0.2) is 59.9 Å². The Morgan fingerprint density at radius 2 is 1.02 bits per heavy atom. The largest absolute Gasteiger partial charge is 0.445 e. The highest BCUT2D eigenvalue weighted by atomic mass is 19.4. The van der Waals surface area contributed by atoms with Crippen LogP contribution in [0.2, 0.25) is 0 Å². The summed E-state index contributed by atoms with van der Waals surface area (Å²) >= 11 is 0. The van der Waals surface area contributed by atoms with Crippen LogP contribution in [0.3, 0.4) is 0 Å². The maximum Gasteiger partial charge on any atom is 0.416 e. The van der Waals surface area contributed by atoms with Gasteiger partial charge in [0, 0.05) is 71.6 Å². The highest BCUT2D eigenvalue weighted by molar-refractivity contribution is 5.93. The molecule has 20 heteroatoms. The number of carbonyl (C=O) groups is 4. The highest BCUT2D eigenvalue weighted by Gasteiger charge is 2.42. The third kappa shape index (κ3) is 15.8. The van der Waals surface area contributed by atoms with Gasteiger partial charge in [-0.25, -0.2) is 9.59 Å². The van der Waals surface area contributed by atoms with Crippen LogP contribution in [0.4, 0.5) is 28.4 Å². The van der Waals surface area contributed by atoms with Gasteiger partial charge in [-0.05, 0) is 122 Å². The summed E-state index contributed by atoms with van der Waals surface area (Å²) in [5.41, 5.74) is 1.93. The SMILES string of the molecule is C[C@@](Cc1c[nH]c2ccccc12)(NC(=O)OCc1cccc(C(F)(F)F)c1)C(=O)NC(c1ccccn1)C1CCCCC1.C[C@@](Cc1c[nH]c2ccccc12)(NC(=O)OCc1cccc([N+](=O)[O-])c1)C(=O)NC(c1ccccn1)C1CCCCC1. The summed E-state index contributed by atoms with van der Waals surface area (Å²) in [6, 6.07) is 36.6. The second kappa shape index (κ2) is 27.5. The van der Waals surface area contributed by atoms with E-state index < -0.39 is 45.8 Å². The Kier molecular flexibility index (Phi) is 19.6. The minimum atomic E-state index is -4.52. The van der Waals surface area contributed by atoms with Crippen molar-refractivity contribution in [3.8, 4) is 0 Å². The molecule has 0 saturated heterocycles. The molecule has 0 bridgehead atoms. The lowest BCUT2D eigenvalue weighted by molar-refractivity contribution is -0.384. The molecule has 2 aliphatic carbocycles. The summed E-state index contributed by atoms with van der Waals surface area (Å²) in [6.45, 7) is 2.75. The van der Waals surface area contributed by atoms with Crippen LogP contribution in [0.1, 0.15) is 129 Å². The molecule has 0 radical (unpaired) electrons. The van der Waals surface area contributed by atoms with Crippen LogP contribution in [0.5, 0.6) is 0 Å². The minimum Gasteiger partial charge on any atom is -0.445 e. The molecule has 10 rings (SSSR count). The molecular weight excluding hydrogens is 1090 g/mol. The first kappa shape index (κ1) is 60.5. The lowest BCUT2D eigenvalue weighted by Gasteiger charge is -2.35. The number of carbonyl (C=O) groups excluding carboxylic acids is 4. The van der Waals surface area contributed by atoms with E-state index in [1.165, 1.54) is 36.8 Å². The van der Waals surface area contributed by atoms with Gasteiger partial charge in [0.2, 0.25) is 11.8 Å². The average Bonchev–Trinajstić information content (AvgIpc) is 4.07. The molecule has 4 aromatic heterocycles. The molecule has 4 atom stereocenters. The smallest absolute Gasteiger partial charge is 0.416 e. The van der Waals surface area contributed by atoms with Gasteiger partial charge in [0.05, 0.1) is 34.0 Å². The number of nitro benzene ring substituents is 1. The molecule has 2 fully saturated rings. The second-order valence-electron chi connectivity index (χ2n) is 22.5. The molecule has 2 aliphatic rings. The van der Waals surface area contributed by atoms with Gasteiger partial charge in [0.1, 0.15) is 24.3 Å². The summed E-state index contributed by atoms with van der Waals surface area (Å²) in [4.78, 5) is 80.8. The molecule has 4 amide bonds. The predicted octanol–water partition coefficient (Wildman–Crippen LogP) is 13.4. The number of pyridine rings is 2. The fraction of sp³-hybridized carbons (Fsp3) is 0.354. The summed E-state index contributed by atoms with van der Waals surface area (Å²) in [5.74, 6) is -0.329. The zero-order valence-corrected chi connectivity index (χ0v) is 47.5. The fourth-order valence-electron chi connectivity index (χ4n) is 11.6. The van der Waals surface area contributed by atoms with Crippen molar-refractivity contribution in [3.63, 3.8) is 0 Å². The number of aromatic amines is 2. The first-order chi connectivity index (χ1) is 40.9. The van der Waals surface area contributed by atoms with Gasteiger partial charge in [0.25, 0.3) is 5.69 Å². The van der Waals surface area contributed by atoms with Crippen molar-refractivity contribution in [1.29, 1.82) is 0 Å². The Labute approximate surface area is 490 Å². The number of para-hydroxylation sites is 2. The molecule has 17 nitrogen and oxygen atoms in total. The van der Waals surface area contributed by atoms with Crippen molar-refractivity contribution in [2.75, 3.05) is 0 Å². The zero-order chi connectivity index (χ0) is 60.0. The van der Waals surface area contributed by atoms with E-state index in [1.54, 1.807) is 32.3 Å².